The minimum atomic E-state index is -4.52. The van der Waals surface area contributed by atoms with Crippen LogP contribution in [0.4, 0.5) is 28.0 Å². The Labute approximate surface area is 105 Å². The monoisotopic (exact) mass is 278 g/mol. The number of benzene rings is 1. The average molecular weight is 278 g/mol. The van der Waals surface area contributed by atoms with Gasteiger partial charge in [-0.05, 0) is 18.2 Å². The SMILES string of the molecule is N=C(N)c1cc(NC(=O)NCC(F)(F)F)ccc1F. The van der Waals surface area contributed by atoms with E-state index in [1.165, 1.54) is 0 Å². The van der Waals surface area contributed by atoms with E-state index in [1.807, 2.05) is 0 Å². The molecule has 0 bridgehead atoms. The van der Waals surface area contributed by atoms with Gasteiger partial charge in [-0.1, -0.05) is 0 Å². The molecule has 19 heavy (non-hydrogen) atoms. The molecule has 9 heteroatoms. The number of nitrogen functional groups attached to an aromatic ring is 1. The number of hydrogen-bond acceptors (Lipinski definition) is 2. The number of nitrogens with one attached hydrogen (secondary N) is 3. The van der Waals surface area contributed by atoms with Crippen molar-refractivity contribution in [1.29, 1.82) is 5.41 Å². The number of amidine groups is 1. The zero-order valence-electron chi connectivity index (χ0n) is 9.44. The molecule has 0 heterocycles. The lowest BCUT2D eigenvalue weighted by Gasteiger charge is -2.10. The van der Waals surface area contributed by atoms with E-state index in [0.29, 0.717) is 0 Å². The summed E-state index contributed by atoms with van der Waals surface area (Å²) in [6.07, 6.45) is -4.52. The number of nitrogens with two attached hydrogens (primary N) is 1. The van der Waals surface area contributed by atoms with Crippen LogP contribution in [0, 0.1) is 11.2 Å². The van der Waals surface area contributed by atoms with Crippen LogP contribution < -0.4 is 16.4 Å². The second-order valence-corrected chi connectivity index (χ2v) is 3.53. The Kier molecular flexibility index (Phi) is 4.30. The Morgan fingerprint density at radius 3 is 2.53 bits per heavy atom. The summed E-state index contributed by atoms with van der Waals surface area (Å²) in [4.78, 5) is 11.1. The van der Waals surface area contributed by atoms with Crippen molar-refractivity contribution >= 4 is 17.6 Å². The third-order valence-electron chi connectivity index (χ3n) is 1.96. The summed E-state index contributed by atoms with van der Waals surface area (Å²) in [5, 5.41) is 10.7. The van der Waals surface area contributed by atoms with E-state index in [0.717, 1.165) is 18.2 Å². The van der Waals surface area contributed by atoms with Crippen molar-refractivity contribution in [3.63, 3.8) is 0 Å². The molecule has 0 atom stereocenters. The smallest absolute Gasteiger partial charge is 0.384 e. The lowest BCUT2D eigenvalue weighted by Crippen LogP contribution is -2.36. The van der Waals surface area contributed by atoms with Crippen LogP contribution in [0.1, 0.15) is 5.56 Å². The normalized spacial score (nSPS) is 10.9. The molecule has 0 fully saturated rings. The summed E-state index contributed by atoms with van der Waals surface area (Å²) >= 11 is 0. The zero-order chi connectivity index (χ0) is 14.6. The van der Waals surface area contributed by atoms with E-state index in [9.17, 15) is 22.4 Å². The number of carbonyl (C=O) groups excluding carboxylic acids is 1. The quantitative estimate of drug-likeness (QED) is 0.385. The first-order valence-corrected chi connectivity index (χ1v) is 4.94. The molecule has 0 aliphatic carbocycles. The van der Waals surface area contributed by atoms with Crippen molar-refractivity contribution in [2.75, 3.05) is 11.9 Å². The van der Waals surface area contributed by atoms with Crippen molar-refractivity contribution in [2.45, 2.75) is 6.18 Å². The first kappa shape index (κ1) is 14.7. The molecular formula is C10H10F4N4O. The minimum Gasteiger partial charge on any atom is -0.384 e. The maximum absolute atomic E-state index is 13.2. The average Bonchev–Trinajstić information content (AvgIpc) is 2.28. The zero-order valence-corrected chi connectivity index (χ0v) is 9.44. The Morgan fingerprint density at radius 2 is 2.00 bits per heavy atom. The summed E-state index contributed by atoms with van der Waals surface area (Å²) in [6.45, 7) is -1.49. The largest absolute Gasteiger partial charge is 0.405 e. The van der Waals surface area contributed by atoms with Crippen LogP contribution in [0.3, 0.4) is 0 Å². The lowest BCUT2D eigenvalue weighted by atomic mass is 10.1. The molecule has 1 aromatic carbocycles. The Hall–Kier alpha value is -2.32. The van der Waals surface area contributed by atoms with E-state index < -0.39 is 30.4 Å². The number of amides is 2. The van der Waals surface area contributed by atoms with Crippen LogP contribution in [0.5, 0.6) is 0 Å². The predicted molar refractivity (Wildman–Crippen MR) is 60.5 cm³/mol. The topological polar surface area (TPSA) is 91.0 Å². The number of rotatable bonds is 3. The fourth-order valence-electron chi connectivity index (χ4n) is 1.17. The molecule has 1 aromatic rings. The van der Waals surface area contributed by atoms with Crippen molar-refractivity contribution in [2.24, 2.45) is 5.73 Å². The molecule has 0 aliphatic rings. The predicted octanol–water partition coefficient (Wildman–Crippen LogP) is 1.79. The van der Waals surface area contributed by atoms with Crippen molar-refractivity contribution in [1.82, 2.24) is 5.32 Å². The molecule has 0 saturated heterocycles. The molecule has 2 amide bonds. The van der Waals surface area contributed by atoms with Gasteiger partial charge in [-0.3, -0.25) is 5.41 Å². The molecule has 5 nitrogen and oxygen atoms in total. The highest BCUT2D eigenvalue weighted by Gasteiger charge is 2.27. The molecule has 0 radical (unpaired) electrons. The van der Waals surface area contributed by atoms with Crippen LogP contribution in [0.2, 0.25) is 0 Å². The van der Waals surface area contributed by atoms with E-state index in [-0.39, 0.29) is 11.3 Å². The fourth-order valence-corrected chi connectivity index (χ4v) is 1.17. The van der Waals surface area contributed by atoms with Gasteiger partial charge in [-0.25, -0.2) is 9.18 Å². The Balaban J connectivity index is 2.70. The molecule has 0 spiro atoms. The fraction of sp³-hybridized carbons (Fsp3) is 0.200. The highest BCUT2D eigenvalue weighted by molar-refractivity contribution is 5.97. The van der Waals surface area contributed by atoms with Gasteiger partial charge in [0.15, 0.2) is 0 Å². The maximum Gasteiger partial charge on any atom is 0.405 e. The number of urea groups is 1. The highest BCUT2D eigenvalue weighted by Crippen LogP contribution is 2.15. The molecule has 0 aliphatic heterocycles. The summed E-state index contributed by atoms with van der Waals surface area (Å²) in [6, 6.07) is 2.02. The van der Waals surface area contributed by atoms with Crippen LogP contribution in [0.25, 0.3) is 0 Å². The molecule has 0 saturated carbocycles. The van der Waals surface area contributed by atoms with Gasteiger partial charge in [-0.15, -0.1) is 0 Å². The van der Waals surface area contributed by atoms with E-state index in [4.69, 9.17) is 11.1 Å². The second-order valence-electron chi connectivity index (χ2n) is 3.53. The van der Waals surface area contributed by atoms with Crippen molar-refractivity contribution in [3.05, 3.63) is 29.6 Å². The summed E-state index contributed by atoms with van der Waals surface area (Å²) in [5.41, 5.74) is 4.86. The highest BCUT2D eigenvalue weighted by atomic mass is 19.4. The number of halogens is 4. The summed E-state index contributed by atoms with van der Waals surface area (Å²) in [7, 11) is 0. The standard InChI is InChI=1S/C10H10F4N4O/c11-7-2-1-5(3-6(7)8(15)16)18-9(19)17-4-10(12,13)14/h1-3H,4H2,(H3,15,16)(H2,17,18,19). The maximum atomic E-state index is 13.2. The van der Waals surface area contributed by atoms with Crippen LogP contribution in [-0.2, 0) is 0 Å². The number of alkyl halides is 3. The minimum absolute atomic E-state index is 0.0197. The first-order chi connectivity index (χ1) is 8.69. The van der Waals surface area contributed by atoms with E-state index in [2.05, 4.69) is 5.32 Å². The van der Waals surface area contributed by atoms with E-state index >= 15 is 0 Å². The second kappa shape index (κ2) is 5.55. The Morgan fingerprint density at radius 1 is 1.37 bits per heavy atom. The molecule has 1 rings (SSSR count). The summed E-state index contributed by atoms with van der Waals surface area (Å²) in [5.74, 6) is -1.33. The van der Waals surface area contributed by atoms with Crippen molar-refractivity contribution < 1.29 is 22.4 Å². The number of hydrogen-bond donors (Lipinski definition) is 4. The molecule has 104 valence electrons. The molecule has 0 unspecified atom stereocenters. The third kappa shape index (κ3) is 4.82. The van der Waals surface area contributed by atoms with Gasteiger partial charge in [0, 0.05) is 5.69 Å². The lowest BCUT2D eigenvalue weighted by molar-refractivity contribution is -0.122. The van der Waals surface area contributed by atoms with Gasteiger partial charge >= 0.3 is 12.2 Å². The molecular weight excluding hydrogens is 268 g/mol. The summed E-state index contributed by atoms with van der Waals surface area (Å²) < 4.78 is 48.7. The van der Waals surface area contributed by atoms with Gasteiger partial charge in [0.25, 0.3) is 0 Å². The molecule has 5 N–H and O–H groups in total. The van der Waals surface area contributed by atoms with Gasteiger partial charge < -0.3 is 16.4 Å². The van der Waals surface area contributed by atoms with Gasteiger partial charge in [0.1, 0.15) is 18.2 Å². The third-order valence-corrected chi connectivity index (χ3v) is 1.96. The van der Waals surface area contributed by atoms with Crippen molar-refractivity contribution in [3.8, 4) is 0 Å². The first-order valence-electron chi connectivity index (χ1n) is 4.94. The number of carbonyl (C=O) groups is 1. The number of anilines is 1. The van der Waals surface area contributed by atoms with Crippen LogP contribution >= 0.6 is 0 Å². The van der Waals surface area contributed by atoms with Gasteiger partial charge in [0.2, 0.25) is 0 Å². The van der Waals surface area contributed by atoms with E-state index in [1.54, 1.807) is 5.32 Å². The van der Waals surface area contributed by atoms with Crippen LogP contribution in [0.15, 0.2) is 18.2 Å². The van der Waals surface area contributed by atoms with Gasteiger partial charge in [-0.2, -0.15) is 13.2 Å². The van der Waals surface area contributed by atoms with Gasteiger partial charge in [0.05, 0.1) is 5.56 Å². The Bertz CT molecular complexity index is 501. The molecule has 0 aromatic heterocycles. The van der Waals surface area contributed by atoms with Crippen LogP contribution in [-0.4, -0.2) is 24.6 Å².